The largest absolute Gasteiger partial charge is 0.292 e. The van der Waals surface area contributed by atoms with E-state index in [-0.39, 0.29) is 5.78 Å². The summed E-state index contributed by atoms with van der Waals surface area (Å²) in [7, 11) is 0. The molecule has 0 fully saturated rings. The van der Waals surface area contributed by atoms with Crippen LogP contribution >= 0.6 is 0 Å². The van der Waals surface area contributed by atoms with E-state index in [4.69, 9.17) is 0 Å². The lowest BCUT2D eigenvalue weighted by Gasteiger charge is -2.46. The van der Waals surface area contributed by atoms with Gasteiger partial charge in [0.25, 0.3) is 0 Å². The number of benzene rings is 4. The molecule has 44 heavy (non-hydrogen) atoms. The van der Waals surface area contributed by atoms with E-state index >= 15 is 4.79 Å². The number of ketones is 1. The van der Waals surface area contributed by atoms with Crippen LogP contribution in [0.15, 0.2) is 6.07 Å². The molecule has 0 aliphatic heterocycles. The predicted octanol–water partition coefficient (Wildman–Crippen LogP) is 11.1. The van der Waals surface area contributed by atoms with Crippen molar-refractivity contribution < 1.29 is 4.79 Å². The lowest BCUT2D eigenvalue weighted by Crippen LogP contribution is -2.46. The SMILES string of the molecule is Cc1cc(C2(c3c(C)c(C)c(C)c(C)c3C)C(=O)c3c(C)c(C)c(C)c(C)c3-c3c(C)c(C)c(C)c(C)c32)c(C)c(C)c1C. The van der Waals surface area contributed by atoms with Crippen molar-refractivity contribution in [1.29, 1.82) is 0 Å². The lowest BCUT2D eigenvalue weighted by molar-refractivity contribution is 0.0930. The first-order chi connectivity index (χ1) is 20.4. The molecule has 4 aromatic carbocycles. The molecule has 0 saturated heterocycles. The van der Waals surface area contributed by atoms with Crippen LogP contribution in [-0.2, 0) is 5.41 Å². The summed E-state index contributed by atoms with van der Waals surface area (Å²) >= 11 is 0. The van der Waals surface area contributed by atoms with Crippen LogP contribution in [0.25, 0.3) is 11.1 Å². The van der Waals surface area contributed by atoms with Crippen molar-refractivity contribution in [3.8, 4) is 11.1 Å². The van der Waals surface area contributed by atoms with Gasteiger partial charge in [-0.2, -0.15) is 0 Å². The Hall–Kier alpha value is -3.45. The van der Waals surface area contributed by atoms with Gasteiger partial charge in [0.2, 0.25) is 0 Å². The van der Waals surface area contributed by atoms with Crippen molar-refractivity contribution in [2.75, 3.05) is 0 Å². The van der Waals surface area contributed by atoms with E-state index in [1.807, 2.05) is 0 Å². The average molecular weight is 585 g/mol. The van der Waals surface area contributed by atoms with Crippen molar-refractivity contribution in [3.05, 3.63) is 123 Å². The maximum absolute atomic E-state index is 16.3. The minimum atomic E-state index is -0.987. The fourth-order valence-corrected chi connectivity index (χ4v) is 8.60. The number of aryl methyl sites for hydroxylation is 1. The Balaban J connectivity index is 2.28. The normalized spacial score (nSPS) is 16.0. The van der Waals surface area contributed by atoms with Gasteiger partial charge in [-0.05, 0) is 240 Å². The van der Waals surface area contributed by atoms with Crippen LogP contribution in [0.2, 0.25) is 0 Å². The molecule has 230 valence electrons. The van der Waals surface area contributed by atoms with E-state index in [9.17, 15) is 0 Å². The highest BCUT2D eigenvalue weighted by atomic mass is 16.1. The number of rotatable bonds is 2. The van der Waals surface area contributed by atoms with Gasteiger partial charge in [0, 0.05) is 5.56 Å². The molecule has 1 nitrogen and oxygen atoms in total. The monoisotopic (exact) mass is 584 g/mol. The molecule has 0 amide bonds. The Morgan fingerprint density at radius 3 is 1.16 bits per heavy atom. The molecular formula is C43H52O. The van der Waals surface area contributed by atoms with Crippen molar-refractivity contribution in [3.63, 3.8) is 0 Å². The number of hydrogen-bond donors (Lipinski definition) is 0. The van der Waals surface area contributed by atoms with Gasteiger partial charge in [0.15, 0.2) is 5.78 Å². The zero-order valence-corrected chi connectivity index (χ0v) is 30.5. The molecule has 1 atom stereocenters. The molecule has 1 aliphatic rings. The lowest BCUT2D eigenvalue weighted by atomic mass is 9.54. The molecule has 0 spiro atoms. The number of hydrogen-bond acceptors (Lipinski definition) is 1. The van der Waals surface area contributed by atoms with Gasteiger partial charge in [-0.1, -0.05) is 6.07 Å². The van der Waals surface area contributed by atoms with Gasteiger partial charge >= 0.3 is 0 Å². The van der Waals surface area contributed by atoms with Crippen LogP contribution in [0.3, 0.4) is 0 Å². The second-order valence-electron chi connectivity index (χ2n) is 14.2. The van der Waals surface area contributed by atoms with Crippen molar-refractivity contribution in [2.24, 2.45) is 0 Å². The van der Waals surface area contributed by atoms with Gasteiger partial charge in [0.05, 0.1) is 0 Å². The predicted molar refractivity (Wildman–Crippen MR) is 190 cm³/mol. The molecule has 0 bridgehead atoms. The van der Waals surface area contributed by atoms with E-state index in [1.54, 1.807) is 0 Å². The van der Waals surface area contributed by atoms with E-state index < -0.39 is 5.41 Å². The van der Waals surface area contributed by atoms with E-state index in [0.717, 1.165) is 22.3 Å². The molecule has 0 radical (unpaired) electrons. The first-order valence-corrected chi connectivity index (χ1v) is 16.3. The van der Waals surface area contributed by atoms with E-state index in [0.29, 0.717) is 0 Å². The Kier molecular flexibility index (Phi) is 7.48. The number of fused-ring (bicyclic) bond motifs is 3. The van der Waals surface area contributed by atoms with Crippen LogP contribution in [0.5, 0.6) is 0 Å². The molecular weight excluding hydrogens is 532 g/mol. The number of carbonyl (C=O) groups excluding carboxylic acids is 1. The third-order valence-corrected chi connectivity index (χ3v) is 12.8. The van der Waals surface area contributed by atoms with Crippen LogP contribution in [0.1, 0.15) is 122 Å². The molecule has 1 heteroatoms. The molecule has 1 unspecified atom stereocenters. The summed E-state index contributed by atoms with van der Waals surface area (Å²) in [6, 6.07) is 2.36. The quantitative estimate of drug-likeness (QED) is 0.229. The smallest absolute Gasteiger partial charge is 0.183 e. The van der Waals surface area contributed by atoms with Gasteiger partial charge in [-0.15, -0.1) is 0 Å². The molecule has 0 heterocycles. The molecule has 0 saturated carbocycles. The van der Waals surface area contributed by atoms with Crippen LogP contribution < -0.4 is 0 Å². The second kappa shape index (κ2) is 10.3. The van der Waals surface area contributed by atoms with Crippen molar-refractivity contribution in [1.82, 2.24) is 0 Å². The summed E-state index contributed by atoms with van der Waals surface area (Å²) in [4.78, 5) is 16.3. The first kappa shape index (κ1) is 32.0. The maximum Gasteiger partial charge on any atom is 0.183 e. The Labute approximate surface area is 267 Å². The summed E-state index contributed by atoms with van der Waals surface area (Å²) in [5, 5.41) is 0. The van der Waals surface area contributed by atoms with Crippen LogP contribution in [0, 0.1) is 118 Å². The van der Waals surface area contributed by atoms with Gasteiger partial charge in [-0.25, -0.2) is 0 Å². The minimum Gasteiger partial charge on any atom is -0.292 e. The van der Waals surface area contributed by atoms with E-state index in [2.05, 4.69) is 124 Å². The van der Waals surface area contributed by atoms with Gasteiger partial charge in [-0.3, -0.25) is 4.79 Å². The Morgan fingerprint density at radius 2 is 0.682 bits per heavy atom. The molecule has 0 N–H and O–H groups in total. The second-order valence-corrected chi connectivity index (χ2v) is 14.2. The number of Topliss-reactive ketones (excluding diaryl/α,β-unsaturated/α-hetero) is 1. The third-order valence-electron chi connectivity index (χ3n) is 12.8. The van der Waals surface area contributed by atoms with Crippen molar-refractivity contribution >= 4 is 5.78 Å². The fourth-order valence-electron chi connectivity index (χ4n) is 8.60. The summed E-state index contributed by atoms with van der Waals surface area (Å²) in [5.74, 6) is 0.231. The summed E-state index contributed by atoms with van der Waals surface area (Å²) in [5.41, 5.74) is 27.3. The molecule has 4 aromatic rings. The van der Waals surface area contributed by atoms with Crippen LogP contribution in [0.4, 0.5) is 0 Å². The minimum absolute atomic E-state index is 0.231. The summed E-state index contributed by atoms with van der Waals surface area (Å²) < 4.78 is 0. The third kappa shape index (κ3) is 3.74. The van der Waals surface area contributed by atoms with Gasteiger partial charge in [0.1, 0.15) is 5.41 Å². The first-order valence-electron chi connectivity index (χ1n) is 16.3. The molecule has 0 aromatic heterocycles. The highest BCUT2D eigenvalue weighted by molar-refractivity contribution is 6.19. The highest BCUT2D eigenvalue weighted by Crippen LogP contribution is 2.58. The zero-order valence-electron chi connectivity index (χ0n) is 30.5. The fraction of sp³-hybridized carbons (Fsp3) is 0.419. The summed E-state index contributed by atoms with van der Waals surface area (Å²) in [6.07, 6.45) is 0. The van der Waals surface area contributed by atoms with Crippen LogP contribution in [-0.4, -0.2) is 5.78 Å². The Bertz CT molecular complexity index is 1950. The standard InChI is InChI=1S/C43H52O/c1-19-18-36(29(11)21(3)20(19)2)43(40-33(15)26(8)22(4)27(9)34(40)16)41-35(17)28(10)25(7)31(13)38(41)37-30(12)23(5)24(6)32(14)39(37)42(43)44/h18H,1-17H3. The summed E-state index contributed by atoms with van der Waals surface area (Å²) in [6.45, 7) is 38.1. The average Bonchev–Trinajstić information content (AvgIpc) is 2.99. The number of carbonyl (C=O) groups is 1. The zero-order chi connectivity index (χ0) is 33.1. The Morgan fingerprint density at radius 1 is 0.341 bits per heavy atom. The van der Waals surface area contributed by atoms with E-state index in [1.165, 1.54) is 106 Å². The maximum atomic E-state index is 16.3. The van der Waals surface area contributed by atoms with Crippen molar-refractivity contribution in [2.45, 2.75) is 123 Å². The van der Waals surface area contributed by atoms with Gasteiger partial charge < -0.3 is 0 Å². The molecule has 5 rings (SSSR count). The topological polar surface area (TPSA) is 17.1 Å². The highest BCUT2D eigenvalue weighted by Gasteiger charge is 2.54. The molecule has 1 aliphatic carbocycles.